The van der Waals surface area contributed by atoms with Crippen molar-refractivity contribution in [2.75, 3.05) is 34.0 Å². The molecule has 1 rings (SSSR count). The minimum atomic E-state index is -0.210. The van der Waals surface area contributed by atoms with Crippen LogP contribution in [0.25, 0.3) is 0 Å². The molecule has 0 amide bonds. The van der Waals surface area contributed by atoms with Crippen LogP contribution in [0.4, 0.5) is 4.39 Å². The molecule has 0 radical (unpaired) electrons. The molecule has 0 N–H and O–H groups in total. The van der Waals surface area contributed by atoms with Gasteiger partial charge in [-0.25, -0.2) is 0 Å². The molecule has 11 heavy (non-hydrogen) atoms. The molecule has 0 aromatic rings. The normalized spacial score (nSPS) is 33.0. The van der Waals surface area contributed by atoms with Crippen molar-refractivity contribution in [2.24, 2.45) is 5.92 Å². The van der Waals surface area contributed by atoms with Crippen molar-refractivity contribution in [3.8, 4) is 0 Å². The zero-order valence-electron chi connectivity index (χ0n) is 7.22. The van der Waals surface area contributed by atoms with Gasteiger partial charge < -0.3 is 9.64 Å². The number of nitrogens with zero attached hydrogens (tertiary/aromatic N) is 1. The van der Waals surface area contributed by atoms with E-state index < -0.39 is 0 Å². The monoisotopic (exact) mass is 161 g/mol. The Morgan fingerprint density at radius 3 is 2.91 bits per heavy atom. The van der Waals surface area contributed by atoms with Crippen LogP contribution < -0.4 is 0 Å². The summed E-state index contributed by atoms with van der Waals surface area (Å²) < 4.78 is 17.4. The van der Waals surface area contributed by atoms with Gasteiger partial charge in [0.05, 0.1) is 13.3 Å². The summed E-state index contributed by atoms with van der Waals surface area (Å²) in [6.07, 6.45) is 0.973. The summed E-state index contributed by atoms with van der Waals surface area (Å²) >= 11 is 0. The van der Waals surface area contributed by atoms with Crippen LogP contribution in [-0.2, 0) is 4.74 Å². The number of likely N-dealkylation sites (N-methyl/N-ethyl adjacent to an activating group) is 1. The molecule has 1 heterocycles. The number of methoxy groups -OCH3 is 1. The zero-order valence-corrected chi connectivity index (χ0v) is 7.22. The molecule has 0 aromatic heterocycles. The maximum Gasteiger partial charge on any atom is 0.0938 e. The number of hydrogen-bond donors (Lipinski definition) is 0. The maximum absolute atomic E-state index is 12.4. The first-order valence-electron chi connectivity index (χ1n) is 4.04. The molecule has 1 fully saturated rings. The molecule has 1 aliphatic heterocycles. The molecule has 1 saturated heterocycles. The van der Waals surface area contributed by atoms with Crippen LogP contribution in [0, 0.1) is 5.92 Å². The molecule has 0 spiro atoms. The molecule has 0 aromatic carbocycles. The van der Waals surface area contributed by atoms with E-state index in [1.807, 2.05) is 7.05 Å². The fourth-order valence-corrected chi connectivity index (χ4v) is 1.70. The fraction of sp³-hybridized carbons (Fsp3) is 1.00. The molecule has 0 aliphatic carbocycles. The van der Waals surface area contributed by atoms with Gasteiger partial charge in [0.2, 0.25) is 0 Å². The number of ether oxygens (including phenoxy) is 1. The van der Waals surface area contributed by atoms with E-state index in [1.165, 1.54) is 0 Å². The van der Waals surface area contributed by atoms with Gasteiger partial charge in [-0.2, -0.15) is 0 Å². The van der Waals surface area contributed by atoms with Gasteiger partial charge in [0.1, 0.15) is 0 Å². The molecule has 0 saturated carbocycles. The van der Waals surface area contributed by atoms with Crippen molar-refractivity contribution >= 4 is 0 Å². The minimum Gasteiger partial charge on any atom is -0.383 e. The summed E-state index contributed by atoms with van der Waals surface area (Å²) in [5.41, 5.74) is 0. The smallest absolute Gasteiger partial charge is 0.0938 e. The van der Waals surface area contributed by atoms with Crippen LogP contribution in [0.5, 0.6) is 0 Å². The summed E-state index contributed by atoms with van der Waals surface area (Å²) in [6, 6.07) is 0.296. The first-order chi connectivity index (χ1) is 5.29. The molecule has 1 aliphatic rings. The van der Waals surface area contributed by atoms with Gasteiger partial charge in [-0.05, 0) is 20.0 Å². The largest absolute Gasteiger partial charge is 0.383 e. The highest BCUT2D eigenvalue weighted by molar-refractivity contribution is 4.84. The molecule has 2 atom stereocenters. The van der Waals surface area contributed by atoms with E-state index >= 15 is 0 Å². The topological polar surface area (TPSA) is 12.5 Å². The van der Waals surface area contributed by atoms with Crippen molar-refractivity contribution in [3.63, 3.8) is 0 Å². The van der Waals surface area contributed by atoms with Crippen LogP contribution in [0.15, 0.2) is 0 Å². The Balaban J connectivity index is 2.42. The quantitative estimate of drug-likeness (QED) is 0.610. The third kappa shape index (κ3) is 1.91. The van der Waals surface area contributed by atoms with Crippen molar-refractivity contribution in [1.82, 2.24) is 4.90 Å². The predicted molar refractivity (Wildman–Crippen MR) is 42.4 cm³/mol. The van der Waals surface area contributed by atoms with E-state index in [2.05, 4.69) is 4.90 Å². The highest BCUT2D eigenvalue weighted by atomic mass is 19.1. The molecule has 2 nitrogen and oxygen atoms in total. The average Bonchev–Trinajstić information content (AvgIpc) is 2.34. The Kier molecular flexibility index (Phi) is 3.27. The zero-order chi connectivity index (χ0) is 8.27. The Hall–Kier alpha value is -0.150. The van der Waals surface area contributed by atoms with Crippen LogP contribution >= 0.6 is 0 Å². The lowest BCUT2D eigenvalue weighted by atomic mass is 10.0. The second-order valence-electron chi connectivity index (χ2n) is 3.21. The lowest BCUT2D eigenvalue weighted by molar-refractivity contribution is 0.103. The molecule has 0 unspecified atom stereocenters. The van der Waals surface area contributed by atoms with Crippen molar-refractivity contribution in [3.05, 3.63) is 0 Å². The van der Waals surface area contributed by atoms with Gasteiger partial charge in [0, 0.05) is 19.1 Å². The predicted octanol–water partition coefficient (Wildman–Crippen LogP) is 0.923. The second kappa shape index (κ2) is 4.02. The summed E-state index contributed by atoms with van der Waals surface area (Å²) in [6.45, 7) is 1.45. The van der Waals surface area contributed by atoms with E-state index in [0.29, 0.717) is 12.6 Å². The molecule has 0 bridgehead atoms. The summed E-state index contributed by atoms with van der Waals surface area (Å²) in [4.78, 5) is 2.17. The molecule has 66 valence electrons. The van der Waals surface area contributed by atoms with E-state index in [9.17, 15) is 4.39 Å². The molecular weight excluding hydrogens is 145 g/mol. The fourth-order valence-electron chi connectivity index (χ4n) is 1.70. The number of hydrogen-bond acceptors (Lipinski definition) is 2. The lowest BCUT2D eigenvalue weighted by Gasteiger charge is -2.22. The van der Waals surface area contributed by atoms with Crippen molar-refractivity contribution < 1.29 is 9.13 Å². The third-order valence-corrected chi connectivity index (χ3v) is 2.50. The number of likely N-dealkylation sites (tertiary alicyclic amines) is 1. The van der Waals surface area contributed by atoms with Gasteiger partial charge in [-0.15, -0.1) is 0 Å². The van der Waals surface area contributed by atoms with Gasteiger partial charge in [0.15, 0.2) is 0 Å². The van der Waals surface area contributed by atoms with Crippen LogP contribution in [0.1, 0.15) is 6.42 Å². The Morgan fingerprint density at radius 2 is 2.36 bits per heavy atom. The Labute approximate surface area is 67.3 Å². The molecule has 3 heteroatoms. The highest BCUT2D eigenvalue weighted by Gasteiger charge is 2.31. The van der Waals surface area contributed by atoms with Crippen LogP contribution in [0.2, 0.25) is 0 Å². The molecular formula is C8H16FNO. The first-order valence-corrected chi connectivity index (χ1v) is 4.04. The van der Waals surface area contributed by atoms with E-state index in [0.717, 1.165) is 13.0 Å². The Morgan fingerprint density at radius 1 is 1.64 bits per heavy atom. The minimum absolute atomic E-state index is 0.194. The number of rotatable bonds is 3. The standard InChI is InChI=1S/C8H16FNO/c1-10-4-3-7(5-9)8(10)6-11-2/h7-8H,3-6H2,1-2H3/t7-,8-/m1/s1. The lowest BCUT2D eigenvalue weighted by Crippen LogP contribution is -2.34. The van der Waals surface area contributed by atoms with Crippen molar-refractivity contribution in [1.29, 1.82) is 0 Å². The summed E-state index contributed by atoms with van der Waals surface area (Å²) in [5.74, 6) is 0.194. The van der Waals surface area contributed by atoms with Crippen molar-refractivity contribution in [2.45, 2.75) is 12.5 Å². The van der Waals surface area contributed by atoms with Gasteiger partial charge in [-0.1, -0.05) is 0 Å². The van der Waals surface area contributed by atoms with Gasteiger partial charge in [-0.3, -0.25) is 4.39 Å². The first kappa shape index (κ1) is 8.94. The van der Waals surface area contributed by atoms with E-state index in [-0.39, 0.29) is 12.6 Å². The highest BCUT2D eigenvalue weighted by Crippen LogP contribution is 2.23. The second-order valence-corrected chi connectivity index (χ2v) is 3.21. The third-order valence-electron chi connectivity index (χ3n) is 2.50. The van der Waals surface area contributed by atoms with Gasteiger partial charge in [0.25, 0.3) is 0 Å². The van der Waals surface area contributed by atoms with E-state index in [1.54, 1.807) is 7.11 Å². The van der Waals surface area contributed by atoms with Crippen LogP contribution in [0.3, 0.4) is 0 Å². The number of alkyl halides is 1. The SMILES string of the molecule is COC[C@@H]1[C@@H](CF)CCN1C. The van der Waals surface area contributed by atoms with E-state index in [4.69, 9.17) is 4.74 Å². The van der Waals surface area contributed by atoms with Crippen LogP contribution in [-0.4, -0.2) is 44.9 Å². The Bertz CT molecular complexity index is 121. The summed E-state index contributed by atoms with van der Waals surface area (Å²) in [7, 11) is 3.70. The number of halogens is 1. The van der Waals surface area contributed by atoms with Gasteiger partial charge >= 0.3 is 0 Å². The average molecular weight is 161 g/mol. The maximum atomic E-state index is 12.4. The summed E-state index contributed by atoms with van der Waals surface area (Å²) in [5, 5.41) is 0.